The Morgan fingerprint density at radius 1 is 0.971 bits per heavy atom. The van der Waals surface area contributed by atoms with Crippen LogP contribution in [0.4, 0.5) is 0 Å². The maximum Gasteiger partial charge on any atom is 0.251 e. The Kier molecular flexibility index (Phi) is 7.19. The van der Waals surface area contributed by atoms with Crippen LogP contribution in [0.5, 0.6) is 11.5 Å². The first kappa shape index (κ1) is 23.8. The summed E-state index contributed by atoms with van der Waals surface area (Å²) in [6, 6.07) is 19.6. The van der Waals surface area contributed by atoms with Gasteiger partial charge in [-0.1, -0.05) is 36.4 Å². The number of amides is 1. The van der Waals surface area contributed by atoms with Gasteiger partial charge in [-0.05, 0) is 53.8 Å². The van der Waals surface area contributed by atoms with Crippen molar-refractivity contribution in [2.45, 2.75) is 24.3 Å². The molecule has 0 aromatic heterocycles. The number of nitrogens with one attached hydrogen (secondary N) is 1. The van der Waals surface area contributed by atoms with Gasteiger partial charge in [-0.2, -0.15) is 4.31 Å². The first-order chi connectivity index (χ1) is 16.4. The van der Waals surface area contributed by atoms with Crippen LogP contribution in [-0.4, -0.2) is 45.9 Å². The third-order valence-corrected chi connectivity index (χ3v) is 7.84. The van der Waals surface area contributed by atoms with Gasteiger partial charge in [0.15, 0.2) is 0 Å². The highest BCUT2D eigenvalue weighted by Gasteiger charge is 2.28. The maximum atomic E-state index is 13.3. The predicted octanol–water partition coefficient (Wildman–Crippen LogP) is 3.42. The summed E-state index contributed by atoms with van der Waals surface area (Å²) in [6.07, 6.45) is 1.23. The van der Waals surface area contributed by atoms with Crippen molar-refractivity contribution in [3.8, 4) is 11.5 Å². The van der Waals surface area contributed by atoms with Gasteiger partial charge in [0.05, 0.1) is 19.1 Å². The molecule has 3 aromatic rings. The molecule has 4 rings (SSSR count). The van der Waals surface area contributed by atoms with E-state index in [-0.39, 0.29) is 10.8 Å². The number of nitrogens with zero attached hydrogens (tertiary/aromatic N) is 1. The Hall–Kier alpha value is -3.36. The minimum Gasteiger partial charge on any atom is -0.497 e. The van der Waals surface area contributed by atoms with E-state index in [2.05, 4.69) is 5.32 Å². The molecule has 0 radical (unpaired) electrons. The number of benzene rings is 3. The molecule has 0 spiro atoms. The summed E-state index contributed by atoms with van der Waals surface area (Å²) in [4.78, 5) is 12.9. The van der Waals surface area contributed by atoms with Gasteiger partial charge in [-0.3, -0.25) is 4.79 Å². The van der Waals surface area contributed by atoms with Crippen LogP contribution in [0.25, 0.3) is 0 Å². The minimum atomic E-state index is -3.71. The Balaban J connectivity index is 1.42. The van der Waals surface area contributed by atoms with Crippen LogP contribution >= 0.6 is 0 Å². The SMILES string of the molecule is COc1ccc(CCNC(=O)c2cccc(S(=O)(=O)N3CCc4ccccc4C3)c2)c(OC)c1. The lowest BCUT2D eigenvalue weighted by Crippen LogP contribution is -2.36. The van der Waals surface area contributed by atoms with Gasteiger partial charge in [-0.15, -0.1) is 0 Å². The number of carbonyl (C=O) groups excluding carboxylic acids is 1. The van der Waals surface area contributed by atoms with Crippen molar-refractivity contribution >= 4 is 15.9 Å². The number of ether oxygens (including phenoxy) is 2. The average molecular weight is 481 g/mol. The summed E-state index contributed by atoms with van der Waals surface area (Å²) >= 11 is 0. The van der Waals surface area contributed by atoms with E-state index in [1.807, 2.05) is 36.4 Å². The number of methoxy groups -OCH3 is 2. The minimum absolute atomic E-state index is 0.122. The monoisotopic (exact) mass is 480 g/mol. The van der Waals surface area contributed by atoms with Gasteiger partial charge in [0.2, 0.25) is 10.0 Å². The van der Waals surface area contributed by atoms with Crippen LogP contribution in [0.2, 0.25) is 0 Å². The lowest BCUT2D eigenvalue weighted by atomic mass is 10.0. The van der Waals surface area contributed by atoms with Crippen LogP contribution in [0, 0.1) is 0 Å². The largest absolute Gasteiger partial charge is 0.497 e. The van der Waals surface area contributed by atoms with E-state index in [9.17, 15) is 13.2 Å². The standard InChI is InChI=1S/C26H28N2O5S/c1-32-23-11-10-20(25(17-23)33-2)12-14-27-26(29)21-8-5-9-24(16-21)34(30,31)28-15-13-19-6-3-4-7-22(19)18-28/h3-11,16-17H,12-15,18H2,1-2H3,(H,27,29). The average Bonchev–Trinajstić information content (AvgIpc) is 2.88. The lowest BCUT2D eigenvalue weighted by Gasteiger charge is -2.28. The van der Waals surface area contributed by atoms with Crippen LogP contribution in [0.15, 0.2) is 71.6 Å². The molecule has 34 heavy (non-hydrogen) atoms. The topological polar surface area (TPSA) is 84.9 Å². The lowest BCUT2D eigenvalue weighted by molar-refractivity contribution is 0.0954. The van der Waals surface area contributed by atoms with Crippen molar-refractivity contribution in [3.63, 3.8) is 0 Å². The second-order valence-electron chi connectivity index (χ2n) is 8.07. The Labute approximate surface area is 200 Å². The number of rotatable bonds is 8. The van der Waals surface area contributed by atoms with E-state index in [0.29, 0.717) is 49.5 Å². The van der Waals surface area contributed by atoms with E-state index < -0.39 is 10.0 Å². The van der Waals surface area contributed by atoms with Gasteiger partial charge in [-0.25, -0.2) is 8.42 Å². The van der Waals surface area contributed by atoms with Crippen LogP contribution < -0.4 is 14.8 Å². The van der Waals surface area contributed by atoms with Gasteiger partial charge >= 0.3 is 0 Å². The molecule has 0 bridgehead atoms. The summed E-state index contributed by atoms with van der Waals surface area (Å²) in [5.74, 6) is 1.05. The fourth-order valence-corrected chi connectivity index (χ4v) is 5.56. The Bertz CT molecular complexity index is 1290. The number of sulfonamides is 1. The molecule has 3 aromatic carbocycles. The molecular weight excluding hydrogens is 452 g/mol. The molecule has 8 heteroatoms. The van der Waals surface area contributed by atoms with E-state index in [4.69, 9.17) is 9.47 Å². The fourth-order valence-electron chi connectivity index (χ4n) is 4.09. The molecule has 1 aliphatic rings. The molecule has 0 fully saturated rings. The highest BCUT2D eigenvalue weighted by atomic mass is 32.2. The van der Waals surface area contributed by atoms with Crippen LogP contribution in [0.1, 0.15) is 27.0 Å². The van der Waals surface area contributed by atoms with E-state index in [1.54, 1.807) is 32.4 Å². The van der Waals surface area contributed by atoms with Crippen molar-refractivity contribution in [3.05, 3.63) is 89.0 Å². The van der Waals surface area contributed by atoms with E-state index in [1.165, 1.54) is 22.0 Å². The van der Waals surface area contributed by atoms with Crippen molar-refractivity contribution < 1.29 is 22.7 Å². The summed E-state index contributed by atoms with van der Waals surface area (Å²) < 4.78 is 38.6. The van der Waals surface area contributed by atoms with Gasteiger partial charge < -0.3 is 14.8 Å². The Morgan fingerprint density at radius 3 is 2.53 bits per heavy atom. The zero-order valence-corrected chi connectivity index (χ0v) is 20.1. The zero-order valence-electron chi connectivity index (χ0n) is 19.3. The quantitative estimate of drug-likeness (QED) is 0.534. The molecule has 0 aliphatic carbocycles. The second-order valence-corrected chi connectivity index (χ2v) is 10.0. The Morgan fingerprint density at radius 2 is 1.76 bits per heavy atom. The maximum absolute atomic E-state index is 13.3. The van der Waals surface area contributed by atoms with Crippen LogP contribution in [0.3, 0.4) is 0 Å². The van der Waals surface area contributed by atoms with Crippen molar-refractivity contribution in [2.75, 3.05) is 27.3 Å². The summed E-state index contributed by atoms with van der Waals surface area (Å²) in [5, 5.41) is 2.86. The molecular formula is C26H28N2O5S. The van der Waals surface area contributed by atoms with Crippen molar-refractivity contribution in [1.29, 1.82) is 0 Å². The highest BCUT2D eigenvalue weighted by molar-refractivity contribution is 7.89. The first-order valence-corrected chi connectivity index (χ1v) is 12.5. The normalized spacial score (nSPS) is 13.7. The molecule has 0 atom stereocenters. The summed E-state index contributed by atoms with van der Waals surface area (Å²) in [5.41, 5.74) is 3.43. The molecule has 1 N–H and O–H groups in total. The smallest absolute Gasteiger partial charge is 0.251 e. The van der Waals surface area contributed by atoms with E-state index >= 15 is 0 Å². The number of hydrogen-bond acceptors (Lipinski definition) is 5. The third-order valence-electron chi connectivity index (χ3n) is 6.00. The number of carbonyl (C=O) groups is 1. The van der Waals surface area contributed by atoms with Gasteiger partial charge in [0.25, 0.3) is 5.91 Å². The highest BCUT2D eigenvalue weighted by Crippen LogP contribution is 2.26. The molecule has 7 nitrogen and oxygen atoms in total. The molecule has 1 amide bonds. The van der Waals surface area contributed by atoms with Crippen molar-refractivity contribution in [1.82, 2.24) is 9.62 Å². The molecule has 0 saturated carbocycles. The predicted molar refractivity (Wildman–Crippen MR) is 130 cm³/mol. The summed E-state index contributed by atoms with van der Waals surface area (Å²) in [6.45, 7) is 1.12. The van der Waals surface area contributed by atoms with Gasteiger partial charge in [0.1, 0.15) is 11.5 Å². The fraction of sp³-hybridized carbons (Fsp3) is 0.269. The molecule has 0 unspecified atom stereocenters. The zero-order chi connectivity index (χ0) is 24.1. The summed E-state index contributed by atoms with van der Waals surface area (Å²) in [7, 11) is -0.537. The van der Waals surface area contributed by atoms with Crippen LogP contribution in [-0.2, 0) is 29.4 Å². The molecule has 0 saturated heterocycles. The molecule has 1 heterocycles. The van der Waals surface area contributed by atoms with Crippen molar-refractivity contribution in [2.24, 2.45) is 0 Å². The number of hydrogen-bond donors (Lipinski definition) is 1. The molecule has 1 aliphatic heterocycles. The second kappa shape index (κ2) is 10.3. The number of fused-ring (bicyclic) bond motifs is 1. The van der Waals surface area contributed by atoms with Gasteiger partial charge in [0, 0.05) is 31.3 Å². The first-order valence-electron chi connectivity index (χ1n) is 11.1. The molecule has 178 valence electrons. The third kappa shape index (κ3) is 5.08. The van der Waals surface area contributed by atoms with E-state index in [0.717, 1.165) is 11.1 Å².